The predicted octanol–water partition coefficient (Wildman–Crippen LogP) is 2.55. The van der Waals surface area contributed by atoms with Gasteiger partial charge in [-0.05, 0) is 36.9 Å². The summed E-state index contributed by atoms with van der Waals surface area (Å²) in [7, 11) is 1.52. The molecule has 3 rings (SSSR count). The molecule has 2 aromatic rings. The molecule has 1 aliphatic rings. The molecule has 1 N–H and O–H groups in total. The van der Waals surface area contributed by atoms with Crippen molar-refractivity contribution < 1.29 is 9.53 Å². The van der Waals surface area contributed by atoms with Gasteiger partial charge in [-0.15, -0.1) is 0 Å². The Morgan fingerprint density at radius 1 is 1.30 bits per heavy atom. The molecular weight excluding hydrogens is 340 g/mol. The zero-order chi connectivity index (χ0) is 19.1. The fourth-order valence-corrected chi connectivity index (χ4v) is 3.56. The molecule has 0 saturated heterocycles. The standard InChI is InChI=1S/C21H30N4O2/c1-17(18-7-4-3-5-8-18)9-12-24-10-6-11-25-20(15-24)13-19(23-25)14-22-21(26)16-27-2/h3-5,7-8,13,17H,6,9-12,14-16H2,1-2H3,(H,22,26). The molecule has 0 bridgehead atoms. The molecule has 0 radical (unpaired) electrons. The minimum absolute atomic E-state index is 0.0843. The monoisotopic (exact) mass is 370 g/mol. The number of hydrogen-bond acceptors (Lipinski definition) is 4. The number of rotatable bonds is 8. The van der Waals surface area contributed by atoms with Crippen molar-refractivity contribution in [1.82, 2.24) is 20.0 Å². The maximum atomic E-state index is 11.6. The molecule has 0 fully saturated rings. The Balaban J connectivity index is 1.53. The van der Waals surface area contributed by atoms with Gasteiger partial charge in [-0.1, -0.05) is 37.3 Å². The van der Waals surface area contributed by atoms with Crippen LogP contribution in [0, 0.1) is 0 Å². The van der Waals surface area contributed by atoms with Gasteiger partial charge in [-0.2, -0.15) is 5.10 Å². The van der Waals surface area contributed by atoms with Gasteiger partial charge < -0.3 is 10.1 Å². The number of aromatic nitrogens is 2. The molecule has 0 spiro atoms. The molecule has 2 heterocycles. The summed E-state index contributed by atoms with van der Waals surface area (Å²) in [5.41, 5.74) is 3.55. The van der Waals surface area contributed by atoms with Gasteiger partial charge in [0.1, 0.15) is 6.61 Å². The first-order valence-electron chi connectivity index (χ1n) is 9.74. The van der Waals surface area contributed by atoms with E-state index in [4.69, 9.17) is 4.74 Å². The molecule has 6 heteroatoms. The lowest BCUT2D eigenvalue weighted by Gasteiger charge is -2.22. The summed E-state index contributed by atoms with van der Waals surface area (Å²) >= 11 is 0. The summed E-state index contributed by atoms with van der Waals surface area (Å²) in [6, 6.07) is 12.8. The Hall–Kier alpha value is -2.18. The number of aryl methyl sites for hydroxylation is 1. The summed E-state index contributed by atoms with van der Waals surface area (Å²) in [6.07, 6.45) is 2.25. The number of methoxy groups -OCH3 is 1. The maximum absolute atomic E-state index is 11.6. The highest BCUT2D eigenvalue weighted by atomic mass is 16.5. The van der Waals surface area contributed by atoms with Crippen molar-refractivity contribution in [3.05, 3.63) is 53.3 Å². The van der Waals surface area contributed by atoms with E-state index in [0.29, 0.717) is 12.5 Å². The molecule has 1 amide bonds. The van der Waals surface area contributed by atoms with Crippen molar-refractivity contribution in [2.45, 2.75) is 45.3 Å². The SMILES string of the molecule is COCC(=O)NCc1cc2n(n1)CCCN(CCC(C)c1ccccc1)C2. The fourth-order valence-electron chi connectivity index (χ4n) is 3.56. The molecule has 1 aromatic carbocycles. The average Bonchev–Trinajstić information content (AvgIpc) is 2.96. The Bertz CT molecular complexity index is 729. The number of hydrogen-bond donors (Lipinski definition) is 1. The largest absolute Gasteiger partial charge is 0.375 e. The first-order chi connectivity index (χ1) is 13.2. The van der Waals surface area contributed by atoms with E-state index < -0.39 is 0 Å². The zero-order valence-corrected chi connectivity index (χ0v) is 16.4. The van der Waals surface area contributed by atoms with Crippen LogP contribution in [0.2, 0.25) is 0 Å². The second-order valence-corrected chi connectivity index (χ2v) is 7.29. The van der Waals surface area contributed by atoms with Crippen LogP contribution < -0.4 is 5.32 Å². The van der Waals surface area contributed by atoms with E-state index in [2.05, 4.69) is 63.3 Å². The second kappa shape index (κ2) is 9.67. The van der Waals surface area contributed by atoms with Gasteiger partial charge in [0.25, 0.3) is 0 Å². The summed E-state index contributed by atoms with van der Waals surface area (Å²) in [4.78, 5) is 14.1. The summed E-state index contributed by atoms with van der Waals surface area (Å²) < 4.78 is 6.93. The molecule has 1 atom stereocenters. The van der Waals surface area contributed by atoms with Gasteiger partial charge in [-0.3, -0.25) is 14.4 Å². The van der Waals surface area contributed by atoms with Crippen LogP contribution in [0.4, 0.5) is 0 Å². The minimum Gasteiger partial charge on any atom is -0.375 e. The van der Waals surface area contributed by atoms with Gasteiger partial charge >= 0.3 is 0 Å². The van der Waals surface area contributed by atoms with Crippen molar-refractivity contribution in [3.8, 4) is 0 Å². The van der Waals surface area contributed by atoms with E-state index in [0.717, 1.165) is 44.7 Å². The fraction of sp³-hybridized carbons (Fsp3) is 0.524. The van der Waals surface area contributed by atoms with Crippen molar-refractivity contribution >= 4 is 5.91 Å². The third kappa shape index (κ3) is 5.65. The molecule has 1 aliphatic heterocycles. The van der Waals surface area contributed by atoms with Gasteiger partial charge in [0.2, 0.25) is 5.91 Å². The van der Waals surface area contributed by atoms with Gasteiger partial charge in [0, 0.05) is 26.7 Å². The predicted molar refractivity (Wildman–Crippen MR) is 105 cm³/mol. The van der Waals surface area contributed by atoms with Crippen LogP contribution in [0.25, 0.3) is 0 Å². The lowest BCUT2D eigenvalue weighted by molar-refractivity contribution is -0.124. The van der Waals surface area contributed by atoms with E-state index in [1.165, 1.54) is 18.4 Å². The van der Waals surface area contributed by atoms with E-state index >= 15 is 0 Å². The number of fused-ring (bicyclic) bond motifs is 1. The van der Waals surface area contributed by atoms with Gasteiger partial charge in [0.15, 0.2) is 0 Å². The maximum Gasteiger partial charge on any atom is 0.246 e. The van der Waals surface area contributed by atoms with Crippen molar-refractivity contribution in [1.29, 1.82) is 0 Å². The molecule has 1 unspecified atom stereocenters. The minimum atomic E-state index is -0.114. The molecule has 0 aliphatic carbocycles. The molecule has 146 valence electrons. The number of nitrogens with zero attached hydrogens (tertiary/aromatic N) is 3. The number of ether oxygens (including phenoxy) is 1. The third-order valence-electron chi connectivity index (χ3n) is 5.13. The molecule has 1 aromatic heterocycles. The Morgan fingerprint density at radius 3 is 2.89 bits per heavy atom. The van der Waals surface area contributed by atoms with Gasteiger partial charge in [0.05, 0.1) is 17.9 Å². The topological polar surface area (TPSA) is 59.4 Å². The average molecular weight is 370 g/mol. The highest BCUT2D eigenvalue weighted by molar-refractivity contribution is 5.77. The van der Waals surface area contributed by atoms with Crippen LogP contribution in [0.1, 0.15) is 42.6 Å². The number of carbonyl (C=O) groups is 1. The highest BCUT2D eigenvalue weighted by Crippen LogP contribution is 2.21. The second-order valence-electron chi connectivity index (χ2n) is 7.29. The lowest BCUT2D eigenvalue weighted by Crippen LogP contribution is -2.27. The molecule has 6 nitrogen and oxygen atoms in total. The first-order valence-corrected chi connectivity index (χ1v) is 9.74. The van der Waals surface area contributed by atoms with Crippen LogP contribution in [0.5, 0.6) is 0 Å². The normalized spacial score (nSPS) is 15.8. The van der Waals surface area contributed by atoms with E-state index in [9.17, 15) is 4.79 Å². The van der Waals surface area contributed by atoms with Crippen LogP contribution in [0.15, 0.2) is 36.4 Å². The Kier molecular flexibility index (Phi) is 7.01. The van der Waals surface area contributed by atoms with Crippen molar-refractivity contribution in [2.24, 2.45) is 0 Å². The number of benzene rings is 1. The van der Waals surface area contributed by atoms with Crippen LogP contribution in [-0.4, -0.2) is 47.4 Å². The zero-order valence-electron chi connectivity index (χ0n) is 16.4. The Morgan fingerprint density at radius 2 is 2.11 bits per heavy atom. The summed E-state index contributed by atoms with van der Waals surface area (Å²) in [5, 5.41) is 7.50. The van der Waals surface area contributed by atoms with Crippen molar-refractivity contribution in [3.63, 3.8) is 0 Å². The number of nitrogens with one attached hydrogen (secondary N) is 1. The van der Waals surface area contributed by atoms with Crippen molar-refractivity contribution in [2.75, 3.05) is 26.8 Å². The Labute approximate surface area is 161 Å². The number of amides is 1. The van der Waals surface area contributed by atoms with E-state index in [1.807, 2.05) is 0 Å². The number of carbonyl (C=O) groups excluding carboxylic acids is 1. The smallest absolute Gasteiger partial charge is 0.246 e. The third-order valence-corrected chi connectivity index (χ3v) is 5.13. The van der Waals surface area contributed by atoms with Gasteiger partial charge in [-0.25, -0.2) is 0 Å². The molecule has 0 saturated carbocycles. The van der Waals surface area contributed by atoms with Crippen LogP contribution in [0.3, 0.4) is 0 Å². The van der Waals surface area contributed by atoms with Crippen LogP contribution in [-0.2, 0) is 29.2 Å². The van der Waals surface area contributed by atoms with Crippen LogP contribution >= 0.6 is 0 Å². The first kappa shape index (κ1) is 19.6. The highest BCUT2D eigenvalue weighted by Gasteiger charge is 2.17. The molecule has 27 heavy (non-hydrogen) atoms. The lowest BCUT2D eigenvalue weighted by atomic mass is 9.98. The molecular formula is C21H30N4O2. The summed E-state index contributed by atoms with van der Waals surface area (Å²) in [5.74, 6) is 0.447. The summed E-state index contributed by atoms with van der Waals surface area (Å²) in [6.45, 7) is 6.88. The quantitative estimate of drug-likeness (QED) is 0.776. The van der Waals surface area contributed by atoms with E-state index in [-0.39, 0.29) is 12.5 Å². The van der Waals surface area contributed by atoms with E-state index in [1.54, 1.807) is 0 Å².